The van der Waals surface area contributed by atoms with E-state index >= 15 is 0 Å². The molecule has 0 amide bonds. The van der Waals surface area contributed by atoms with Crippen molar-refractivity contribution in [2.75, 3.05) is 6.54 Å². The SMILES string of the molecule is Clc1ccc(Cl)c(CCC2(CCNC3CC3)CCCC2)c1. The molecular weight excluding hydrogens is 301 g/mol. The molecule has 1 N–H and O–H groups in total. The molecule has 0 atom stereocenters. The molecule has 1 aromatic rings. The van der Waals surface area contributed by atoms with Crippen molar-refractivity contribution in [1.29, 1.82) is 0 Å². The molecule has 1 nitrogen and oxygen atoms in total. The van der Waals surface area contributed by atoms with Crippen LogP contribution >= 0.6 is 23.2 Å². The molecule has 1 aromatic carbocycles. The van der Waals surface area contributed by atoms with Gasteiger partial charge in [0.2, 0.25) is 0 Å². The van der Waals surface area contributed by atoms with E-state index in [4.69, 9.17) is 23.2 Å². The molecule has 0 heterocycles. The van der Waals surface area contributed by atoms with Crippen LogP contribution in [0.25, 0.3) is 0 Å². The van der Waals surface area contributed by atoms with Gasteiger partial charge in [-0.3, -0.25) is 0 Å². The van der Waals surface area contributed by atoms with Crippen LogP contribution in [0.15, 0.2) is 18.2 Å². The normalized spacial score (nSPS) is 20.9. The fourth-order valence-corrected chi connectivity index (χ4v) is 4.12. The molecule has 0 aliphatic heterocycles. The monoisotopic (exact) mass is 325 g/mol. The van der Waals surface area contributed by atoms with E-state index in [9.17, 15) is 0 Å². The van der Waals surface area contributed by atoms with E-state index in [1.807, 2.05) is 18.2 Å². The zero-order valence-corrected chi connectivity index (χ0v) is 14.1. The van der Waals surface area contributed by atoms with Crippen molar-refractivity contribution < 1.29 is 0 Å². The fourth-order valence-electron chi connectivity index (χ4n) is 3.71. The van der Waals surface area contributed by atoms with Crippen LogP contribution in [0.2, 0.25) is 10.0 Å². The Labute approximate surface area is 138 Å². The molecule has 0 saturated heterocycles. The number of hydrogen-bond acceptors (Lipinski definition) is 1. The molecule has 3 heteroatoms. The second-order valence-electron chi connectivity index (χ2n) is 6.92. The van der Waals surface area contributed by atoms with E-state index in [1.165, 1.54) is 63.5 Å². The summed E-state index contributed by atoms with van der Waals surface area (Å²) < 4.78 is 0. The summed E-state index contributed by atoms with van der Waals surface area (Å²) in [5, 5.41) is 5.34. The van der Waals surface area contributed by atoms with Gasteiger partial charge in [0, 0.05) is 16.1 Å². The predicted octanol–water partition coefficient (Wildman–Crippen LogP) is 5.63. The van der Waals surface area contributed by atoms with Crippen LogP contribution < -0.4 is 5.32 Å². The first-order chi connectivity index (χ1) is 10.2. The quantitative estimate of drug-likeness (QED) is 0.685. The van der Waals surface area contributed by atoms with Gasteiger partial charge in [0.05, 0.1) is 0 Å². The molecule has 21 heavy (non-hydrogen) atoms. The minimum atomic E-state index is 0.535. The Hall–Kier alpha value is -0.240. The largest absolute Gasteiger partial charge is 0.314 e. The lowest BCUT2D eigenvalue weighted by Crippen LogP contribution is -2.26. The topological polar surface area (TPSA) is 12.0 Å². The zero-order chi connectivity index (χ0) is 14.7. The Morgan fingerprint density at radius 2 is 1.86 bits per heavy atom. The molecule has 2 aliphatic carbocycles. The first-order valence-corrected chi connectivity index (χ1v) is 9.10. The highest BCUT2D eigenvalue weighted by Gasteiger charge is 2.33. The number of hydrogen-bond donors (Lipinski definition) is 1. The van der Waals surface area contributed by atoms with Crippen molar-refractivity contribution in [2.45, 2.75) is 63.8 Å². The molecule has 0 aromatic heterocycles. The summed E-state index contributed by atoms with van der Waals surface area (Å²) in [5.74, 6) is 0. The molecule has 2 fully saturated rings. The van der Waals surface area contributed by atoms with E-state index in [1.54, 1.807) is 0 Å². The standard InChI is InChI=1S/C18H25Cl2N/c19-15-3-6-17(20)14(13-15)7-10-18(8-1-2-9-18)11-12-21-16-4-5-16/h3,6,13,16,21H,1-2,4-5,7-12H2. The Morgan fingerprint density at radius 3 is 2.57 bits per heavy atom. The summed E-state index contributed by atoms with van der Waals surface area (Å²) in [6.45, 7) is 1.19. The Bertz CT molecular complexity index is 476. The number of rotatable bonds is 7. The maximum atomic E-state index is 6.31. The maximum Gasteiger partial charge on any atom is 0.0439 e. The van der Waals surface area contributed by atoms with Gasteiger partial charge in [0.1, 0.15) is 0 Å². The first kappa shape index (κ1) is 15.6. The lowest BCUT2D eigenvalue weighted by Gasteiger charge is -2.29. The highest BCUT2D eigenvalue weighted by molar-refractivity contribution is 6.33. The van der Waals surface area contributed by atoms with Gasteiger partial charge in [0.15, 0.2) is 0 Å². The molecule has 2 saturated carbocycles. The van der Waals surface area contributed by atoms with Gasteiger partial charge in [-0.25, -0.2) is 0 Å². The minimum Gasteiger partial charge on any atom is -0.314 e. The number of nitrogens with one attached hydrogen (secondary N) is 1. The highest BCUT2D eigenvalue weighted by atomic mass is 35.5. The minimum absolute atomic E-state index is 0.535. The summed E-state index contributed by atoms with van der Waals surface area (Å²) in [4.78, 5) is 0. The summed E-state index contributed by atoms with van der Waals surface area (Å²) in [7, 11) is 0. The van der Waals surface area contributed by atoms with Gasteiger partial charge >= 0.3 is 0 Å². The molecule has 0 radical (unpaired) electrons. The molecule has 116 valence electrons. The lowest BCUT2D eigenvalue weighted by atomic mass is 9.77. The van der Waals surface area contributed by atoms with Crippen molar-refractivity contribution in [3.8, 4) is 0 Å². The summed E-state index contributed by atoms with van der Waals surface area (Å²) in [5.41, 5.74) is 1.75. The van der Waals surface area contributed by atoms with Gasteiger partial charge < -0.3 is 5.32 Å². The van der Waals surface area contributed by atoms with Crippen molar-refractivity contribution in [3.63, 3.8) is 0 Å². The number of halogens is 2. The van der Waals surface area contributed by atoms with E-state index in [-0.39, 0.29) is 0 Å². The van der Waals surface area contributed by atoms with Gasteiger partial charge in [-0.05, 0) is 80.7 Å². The molecule has 0 spiro atoms. The Kier molecular flexibility index (Phi) is 5.14. The van der Waals surface area contributed by atoms with Gasteiger partial charge in [-0.1, -0.05) is 36.0 Å². The van der Waals surface area contributed by atoms with Gasteiger partial charge in [-0.2, -0.15) is 0 Å². The van der Waals surface area contributed by atoms with E-state index in [0.29, 0.717) is 5.41 Å². The molecule has 0 unspecified atom stereocenters. The number of benzene rings is 1. The predicted molar refractivity (Wildman–Crippen MR) is 91.3 cm³/mol. The van der Waals surface area contributed by atoms with Crippen molar-refractivity contribution in [3.05, 3.63) is 33.8 Å². The average Bonchev–Trinajstić information content (AvgIpc) is 3.18. The molecule has 0 bridgehead atoms. The number of aryl methyl sites for hydroxylation is 1. The highest BCUT2D eigenvalue weighted by Crippen LogP contribution is 2.45. The van der Waals surface area contributed by atoms with E-state index < -0.39 is 0 Å². The van der Waals surface area contributed by atoms with Crippen LogP contribution in [0.5, 0.6) is 0 Å². The molecular formula is C18H25Cl2N. The molecule has 3 rings (SSSR count). The van der Waals surface area contributed by atoms with E-state index in [2.05, 4.69) is 5.32 Å². The van der Waals surface area contributed by atoms with Gasteiger partial charge in [0.25, 0.3) is 0 Å². The maximum absolute atomic E-state index is 6.31. The van der Waals surface area contributed by atoms with Crippen LogP contribution in [-0.4, -0.2) is 12.6 Å². The second kappa shape index (κ2) is 6.89. The third-order valence-electron chi connectivity index (χ3n) is 5.26. The van der Waals surface area contributed by atoms with Crippen LogP contribution in [0, 0.1) is 5.41 Å². The van der Waals surface area contributed by atoms with Crippen molar-refractivity contribution in [1.82, 2.24) is 5.32 Å². The third-order valence-corrected chi connectivity index (χ3v) is 5.87. The van der Waals surface area contributed by atoms with E-state index in [0.717, 1.165) is 22.5 Å². The first-order valence-electron chi connectivity index (χ1n) is 8.34. The zero-order valence-electron chi connectivity index (χ0n) is 12.6. The van der Waals surface area contributed by atoms with Crippen LogP contribution in [0.3, 0.4) is 0 Å². The van der Waals surface area contributed by atoms with Crippen LogP contribution in [0.1, 0.15) is 56.9 Å². The average molecular weight is 326 g/mol. The Balaban J connectivity index is 1.57. The van der Waals surface area contributed by atoms with Crippen molar-refractivity contribution >= 4 is 23.2 Å². The fraction of sp³-hybridized carbons (Fsp3) is 0.667. The second-order valence-corrected chi connectivity index (χ2v) is 7.76. The Morgan fingerprint density at radius 1 is 1.10 bits per heavy atom. The summed E-state index contributed by atoms with van der Waals surface area (Å²) in [6.07, 6.45) is 12.0. The summed E-state index contributed by atoms with van der Waals surface area (Å²) >= 11 is 12.4. The molecule has 2 aliphatic rings. The smallest absolute Gasteiger partial charge is 0.0439 e. The lowest BCUT2D eigenvalue weighted by molar-refractivity contribution is 0.245. The summed E-state index contributed by atoms with van der Waals surface area (Å²) in [6, 6.07) is 6.66. The van der Waals surface area contributed by atoms with Gasteiger partial charge in [-0.15, -0.1) is 0 Å². The van der Waals surface area contributed by atoms with Crippen LogP contribution in [0.4, 0.5) is 0 Å². The third kappa shape index (κ3) is 4.37. The van der Waals surface area contributed by atoms with Crippen LogP contribution in [-0.2, 0) is 6.42 Å². The van der Waals surface area contributed by atoms with Crippen molar-refractivity contribution in [2.24, 2.45) is 5.41 Å².